The molecule has 3 heterocycles. The van der Waals surface area contributed by atoms with Crippen LogP contribution in [0.4, 0.5) is 0 Å². The van der Waals surface area contributed by atoms with Crippen LogP contribution in [0, 0.1) is 25.9 Å². The molecule has 0 N–H and O–H groups in total. The summed E-state index contributed by atoms with van der Waals surface area (Å²) in [5.41, 5.74) is 12.0. The first-order chi connectivity index (χ1) is 26.3. The standard InChI is InChI=1S/C27H22NO.C21H22NSi.Ir/c1-17(2)19-13-14-28-25(15-19)24-10-6-9-23-22-12-11-20(16-26(22)29-27(23)24)21-8-5-4-7-18(21)3;1-16-10-11-18(14-20(16)17-8-6-5-7-9-17)21-13-12-19(15-22-21)23(2,3)4;/h4-9,11-17H,1-3H3;5-10,12-15H,1-4H3;/q2*-1;/i;1D3;. The van der Waals surface area contributed by atoms with Crippen molar-refractivity contribution in [1.82, 2.24) is 9.97 Å². The van der Waals surface area contributed by atoms with Gasteiger partial charge in [-0.25, -0.2) is 0 Å². The molecular formula is C48H44IrN2OSi-2. The van der Waals surface area contributed by atoms with Crippen molar-refractivity contribution < 1.29 is 28.6 Å². The van der Waals surface area contributed by atoms with E-state index in [1.165, 1.54) is 27.4 Å². The van der Waals surface area contributed by atoms with Crippen molar-refractivity contribution in [2.24, 2.45) is 0 Å². The fourth-order valence-electron chi connectivity index (χ4n) is 6.43. The van der Waals surface area contributed by atoms with Crippen molar-refractivity contribution in [1.29, 1.82) is 0 Å². The Balaban J connectivity index is 0.000000188. The van der Waals surface area contributed by atoms with E-state index in [-0.39, 0.29) is 20.1 Å². The molecule has 0 saturated carbocycles. The second-order valence-electron chi connectivity index (χ2n) is 14.6. The van der Waals surface area contributed by atoms with Crippen LogP contribution >= 0.6 is 0 Å². The fourth-order valence-corrected chi connectivity index (χ4v) is 7.47. The van der Waals surface area contributed by atoms with Crippen LogP contribution in [0.3, 0.4) is 0 Å². The Morgan fingerprint density at radius 2 is 1.51 bits per heavy atom. The maximum atomic E-state index is 7.84. The molecule has 0 amide bonds. The maximum Gasteiger partial charge on any atom is 0.121 e. The molecule has 3 aromatic heterocycles. The molecule has 8 aromatic rings. The Hall–Kier alpha value is -4.93. The monoisotopic (exact) mass is 888 g/mol. The molecule has 0 bridgehead atoms. The third kappa shape index (κ3) is 8.19. The molecular weight excluding hydrogens is 841 g/mol. The minimum absolute atomic E-state index is 0. The van der Waals surface area contributed by atoms with Crippen LogP contribution in [0.2, 0.25) is 19.6 Å². The van der Waals surface area contributed by atoms with E-state index in [1.807, 2.05) is 60.9 Å². The average Bonchev–Trinajstić information content (AvgIpc) is 3.56. The minimum Gasteiger partial charge on any atom is -0.501 e. The summed E-state index contributed by atoms with van der Waals surface area (Å²) in [4.78, 5) is 9.20. The molecule has 8 rings (SSSR count). The first-order valence-electron chi connectivity index (χ1n) is 19.3. The Kier molecular flexibility index (Phi) is 10.2. The first kappa shape index (κ1) is 33.9. The molecule has 0 aliphatic rings. The molecule has 0 fully saturated rings. The van der Waals surface area contributed by atoms with Crippen molar-refractivity contribution in [3.05, 3.63) is 163 Å². The number of aromatic nitrogens is 2. The van der Waals surface area contributed by atoms with Crippen molar-refractivity contribution in [3.8, 4) is 44.8 Å². The molecule has 5 aromatic carbocycles. The van der Waals surface area contributed by atoms with Gasteiger partial charge in [0.2, 0.25) is 0 Å². The predicted octanol–water partition coefficient (Wildman–Crippen LogP) is 12.6. The third-order valence-electron chi connectivity index (χ3n) is 9.54. The van der Waals surface area contributed by atoms with Gasteiger partial charge in [0.15, 0.2) is 0 Å². The SMILES string of the molecule is Cc1ccccc1-c1ccc2c(c1)oc1c(-c3cc(C(C)C)ccn3)[c-]ccc12.[2H]C([2H])([2H])c1c[c-]c(-c2ccc([Si](C)(C)C)cn2)cc1-c1ccccc1.[Ir]. The fraction of sp³-hybridized carbons (Fsp3) is 0.167. The van der Waals surface area contributed by atoms with E-state index < -0.39 is 14.9 Å². The molecule has 53 heavy (non-hydrogen) atoms. The van der Waals surface area contributed by atoms with Gasteiger partial charge in [-0.2, -0.15) is 0 Å². The van der Waals surface area contributed by atoms with Gasteiger partial charge >= 0.3 is 0 Å². The summed E-state index contributed by atoms with van der Waals surface area (Å²) in [5, 5.41) is 3.51. The van der Waals surface area contributed by atoms with E-state index in [2.05, 4.69) is 129 Å². The third-order valence-corrected chi connectivity index (χ3v) is 11.6. The molecule has 0 aliphatic carbocycles. The first-order valence-corrected chi connectivity index (χ1v) is 21.3. The van der Waals surface area contributed by atoms with E-state index in [1.54, 1.807) is 6.07 Å². The number of hydrogen-bond acceptors (Lipinski definition) is 3. The van der Waals surface area contributed by atoms with Crippen LogP contribution < -0.4 is 5.19 Å². The zero-order chi connectivity index (χ0) is 38.9. The molecule has 0 unspecified atom stereocenters. The predicted molar refractivity (Wildman–Crippen MR) is 222 cm³/mol. The van der Waals surface area contributed by atoms with Gasteiger partial charge in [-0.15, -0.1) is 47.5 Å². The van der Waals surface area contributed by atoms with Gasteiger partial charge in [0.05, 0.1) is 13.7 Å². The van der Waals surface area contributed by atoms with Crippen molar-refractivity contribution in [3.63, 3.8) is 0 Å². The van der Waals surface area contributed by atoms with Gasteiger partial charge in [0, 0.05) is 42.0 Å². The topological polar surface area (TPSA) is 38.9 Å². The summed E-state index contributed by atoms with van der Waals surface area (Å²) in [6.45, 7) is 11.2. The van der Waals surface area contributed by atoms with Crippen LogP contribution in [-0.2, 0) is 20.1 Å². The molecule has 0 saturated heterocycles. The number of rotatable bonds is 6. The van der Waals surface area contributed by atoms with Crippen LogP contribution in [-0.4, -0.2) is 18.0 Å². The zero-order valence-electron chi connectivity index (χ0n) is 33.9. The van der Waals surface area contributed by atoms with E-state index in [0.29, 0.717) is 17.0 Å². The molecule has 0 atom stereocenters. The van der Waals surface area contributed by atoms with E-state index in [4.69, 9.17) is 8.53 Å². The van der Waals surface area contributed by atoms with Crippen molar-refractivity contribution in [2.45, 2.75) is 53.2 Å². The number of benzene rings is 5. The Morgan fingerprint density at radius 3 is 2.23 bits per heavy atom. The number of furan rings is 1. The molecule has 1 radical (unpaired) electrons. The second-order valence-corrected chi connectivity index (χ2v) is 19.7. The number of pyridine rings is 2. The summed E-state index contributed by atoms with van der Waals surface area (Å²) >= 11 is 0. The van der Waals surface area contributed by atoms with Crippen LogP contribution in [0.5, 0.6) is 0 Å². The molecule has 0 spiro atoms. The number of hydrogen-bond donors (Lipinski definition) is 0. The van der Waals surface area contributed by atoms with Gasteiger partial charge in [0.1, 0.15) is 5.58 Å². The van der Waals surface area contributed by atoms with E-state index in [0.717, 1.165) is 50.0 Å². The summed E-state index contributed by atoms with van der Waals surface area (Å²) in [7, 11) is -1.40. The normalized spacial score (nSPS) is 12.4. The molecule has 5 heteroatoms. The summed E-state index contributed by atoms with van der Waals surface area (Å²) < 4.78 is 29.9. The quantitative estimate of drug-likeness (QED) is 0.123. The maximum absolute atomic E-state index is 7.84. The Labute approximate surface area is 332 Å². The van der Waals surface area contributed by atoms with Gasteiger partial charge in [0.25, 0.3) is 0 Å². The number of aryl methyl sites for hydroxylation is 2. The van der Waals surface area contributed by atoms with Crippen molar-refractivity contribution in [2.75, 3.05) is 0 Å². The molecule has 3 nitrogen and oxygen atoms in total. The number of nitrogens with zero attached hydrogens (tertiary/aromatic N) is 2. The average molecular weight is 888 g/mol. The molecule has 0 aliphatic heterocycles. The van der Waals surface area contributed by atoms with E-state index in [9.17, 15) is 0 Å². The van der Waals surface area contributed by atoms with Gasteiger partial charge < -0.3 is 14.4 Å². The van der Waals surface area contributed by atoms with E-state index >= 15 is 0 Å². The molecule has 267 valence electrons. The smallest absolute Gasteiger partial charge is 0.121 e. The summed E-state index contributed by atoms with van der Waals surface area (Å²) in [6.07, 6.45) is 3.81. The minimum atomic E-state index is -2.19. The van der Waals surface area contributed by atoms with Gasteiger partial charge in [-0.3, -0.25) is 0 Å². The summed E-state index contributed by atoms with van der Waals surface area (Å²) in [6, 6.07) is 46.8. The largest absolute Gasteiger partial charge is 0.501 e. The van der Waals surface area contributed by atoms with Gasteiger partial charge in [-0.05, 0) is 63.8 Å². The van der Waals surface area contributed by atoms with Crippen LogP contribution in [0.25, 0.3) is 66.7 Å². The van der Waals surface area contributed by atoms with Gasteiger partial charge in [-0.1, -0.05) is 147 Å². The van der Waals surface area contributed by atoms with Crippen LogP contribution in [0.15, 0.2) is 138 Å². The summed E-state index contributed by atoms with van der Waals surface area (Å²) in [5.74, 6) is 0.447. The van der Waals surface area contributed by atoms with Crippen molar-refractivity contribution >= 4 is 35.2 Å². The zero-order valence-corrected chi connectivity index (χ0v) is 34.3. The number of fused-ring (bicyclic) bond motifs is 3. The Bertz CT molecular complexity index is 2610. The van der Waals surface area contributed by atoms with Crippen LogP contribution in [0.1, 0.15) is 40.6 Å². The second kappa shape index (κ2) is 16.0. The Morgan fingerprint density at radius 1 is 0.717 bits per heavy atom.